The molecule has 1 atom stereocenters. The molecule has 1 heterocycles. The normalized spacial score (nSPS) is 12.1. The van der Waals surface area contributed by atoms with Gasteiger partial charge < -0.3 is 14.4 Å². The molecule has 0 radical (unpaired) electrons. The summed E-state index contributed by atoms with van der Waals surface area (Å²) < 4.78 is 5.10. The summed E-state index contributed by atoms with van der Waals surface area (Å²) in [4.78, 5) is 12.9. The fraction of sp³-hybridized carbons (Fsp3) is 0.267. The number of carboxylic acids is 1. The van der Waals surface area contributed by atoms with E-state index in [4.69, 9.17) is 9.52 Å². The van der Waals surface area contributed by atoms with E-state index in [0.717, 1.165) is 11.3 Å². The van der Waals surface area contributed by atoms with Crippen molar-refractivity contribution in [1.82, 2.24) is 0 Å². The summed E-state index contributed by atoms with van der Waals surface area (Å²) >= 11 is 0. The lowest BCUT2D eigenvalue weighted by molar-refractivity contribution is -0.136. The number of carbonyl (C=O) groups is 1. The van der Waals surface area contributed by atoms with Crippen molar-refractivity contribution in [1.29, 1.82) is 0 Å². The van der Waals surface area contributed by atoms with Crippen molar-refractivity contribution >= 4 is 11.7 Å². The van der Waals surface area contributed by atoms with Gasteiger partial charge in [0.2, 0.25) is 0 Å². The Bertz CT molecular complexity index is 507. The molecule has 0 fully saturated rings. The highest BCUT2D eigenvalue weighted by molar-refractivity contribution is 5.67. The molecule has 19 heavy (non-hydrogen) atoms. The molecule has 0 bridgehead atoms. The Kier molecular flexibility index (Phi) is 4.23. The first-order valence-electron chi connectivity index (χ1n) is 6.24. The molecule has 0 spiro atoms. The highest BCUT2D eigenvalue weighted by atomic mass is 16.4. The molecule has 0 aliphatic carbocycles. The average molecular weight is 259 g/mol. The quantitative estimate of drug-likeness (QED) is 0.864. The van der Waals surface area contributed by atoms with Gasteiger partial charge in [-0.2, -0.15) is 0 Å². The van der Waals surface area contributed by atoms with Gasteiger partial charge in [0.05, 0.1) is 25.0 Å². The SMILES string of the molecule is CC(c1ccoc1)N(CCC(=O)O)c1ccccc1. The van der Waals surface area contributed by atoms with Crippen LogP contribution < -0.4 is 4.90 Å². The maximum absolute atomic E-state index is 10.8. The van der Waals surface area contributed by atoms with Crippen molar-refractivity contribution in [3.63, 3.8) is 0 Å². The first-order chi connectivity index (χ1) is 9.18. The van der Waals surface area contributed by atoms with E-state index in [0.29, 0.717) is 6.54 Å². The summed E-state index contributed by atoms with van der Waals surface area (Å²) in [7, 11) is 0. The Hall–Kier alpha value is -2.23. The molecule has 1 N–H and O–H groups in total. The van der Waals surface area contributed by atoms with Crippen molar-refractivity contribution < 1.29 is 14.3 Å². The van der Waals surface area contributed by atoms with E-state index in [-0.39, 0.29) is 12.5 Å². The Morgan fingerprint density at radius 3 is 2.63 bits per heavy atom. The second-order valence-electron chi connectivity index (χ2n) is 4.41. The summed E-state index contributed by atoms with van der Waals surface area (Å²) in [5.41, 5.74) is 2.05. The van der Waals surface area contributed by atoms with E-state index in [1.54, 1.807) is 12.5 Å². The lowest BCUT2D eigenvalue weighted by Crippen LogP contribution is -2.29. The van der Waals surface area contributed by atoms with Crippen LogP contribution in [0.4, 0.5) is 5.69 Å². The van der Waals surface area contributed by atoms with Crippen LogP contribution in [-0.4, -0.2) is 17.6 Å². The summed E-state index contributed by atoms with van der Waals surface area (Å²) in [6, 6.07) is 11.8. The van der Waals surface area contributed by atoms with Crippen LogP contribution in [0.3, 0.4) is 0 Å². The lowest BCUT2D eigenvalue weighted by Gasteiger charge is -2.30. The highest BCUT2D eigenvalue weighted by Crippen LogP contribution is 2.27. The summed E-state index contributed by atoms with van der Waals surface area (Å²) in [6.07, 6.45) is 3.44. The van der Waals surface area contributed by atoms with Crippen LogP contribution in [0.1, 0.15) is 24.9 Å². The molecule has 0 saturated heterocycles. The number of carboxylic acid groups (broad SMARTS) is 1. The molecule has 0 aliphatic heterocycles. The van der Waals surface area contributed by atoms with Gasteiger partial charge in [-0.3, -0.25) is 4.79 Å². The van der Waals surface area contributed by atoms with Gasteiger partial charge in [0.15, 0.2) is 0 Å². The number of hydrogen-bond donors (Lipinski definition) is 1. The number of nitrogens with zero attached hydrogens (tertiary/aromatic N) is 1. The van der Waals surface area contributed by atoms with Crippen LogP contribution in [0.15, 0.2) is 53.3 Å². The van der Waals surface area contributed by atoms with Crippen LogP contribution in [-0.2, 0) is 4.79 Å². The minimum atomic E-state index is -0.791. The van der Waals surface area contributed by atoms with Crippen molar-refractivity contribution in [3.05, 3.63) is 54.5 Å². The highest BCUT2D eigenvalue weighted by Gasteiger charge is 2.18. The molecular formula is C15H17NO3. The van der Waals surface area contributed by atoms with Crippen molar-refractivity contribution in [2.24, 2.45) is 0 Å². The number of hydrogen-bond acceptors (Lipinski definition) is 3. The van der Waals surface area contributed by atoms with Gasteiger partial charge in [0, 0.05) is 17.8 Å². The third-order valence-electron chi connectivity index (χ3n) is 3.15. The van der Waals surface area contributed by atoms with Crippen LogP contribution >= 0.6 is 0 Å². The number of anilines is 1. The fourth-order valence-electron chi connectivity index (χ4n) is 2.07. The Morgan fingerprint density at radius 2 is 2.05 bits per heavy atom. The van der Waals surface area contributed by atoms with Crippen LogP contribution in [0.5, 0.6) is 0 Å². The van der Waals surface area contributed by atoms with Crippen LogP contribution in [0, 0.1) is 0 Å². The van der Waals surface area contributed by atoms with E-state index in [2.05, 4.69) is 4.90 Å². The molecule has 0 saturated carbocycles. The zero-order valence-corrected chi connectivity index (χ0v) is 10.8. The summed E-state index contributed by atoms with van der Waals surface area (Å²) in [5, 5.41) is 8.88. The Morgan fingerprint density at radius 1 is 1.32 bits per heavy atom. The van der Waals surface area contributed by atoms with Gasteiger partial charge in [0.1, 0.15) is 0 Å². The molecule has 4 nitrogen and oxygen atoms in total. The molecule has 2 aromatic rings. The third kappa shape index (κ3) is 3.37. The second kappa shape index (κ2) is 6.09. The smallest absolute Gasteiger partial charge is 0.305 e. The summed E-state index contributed by atoms with van der Waals surface area (Å²) in [5.74, 6) is -0.791. The van der Waals surface area contributed by atoms with Gasteiger partial charge in [-0.15, -0.1) is 0 Å². The monoisotopic (exact) mass is 259 g/mol. The van der Waals surface area contributed by atoms with Crippen LogP contribution in [0.25, 0.3) is 0 Å². The van der Waals surface area contributed by atoms with E-state index < -0.39 is 5.97 Å². The van der Waals surface area contributed by atoms with Gasteiger partial charge in [-0.25, -0.2) is 0 Å². The topological polar surface area (TPSA) is 53.7 Å². The van der Waals surface area contributed by atoms with E-state index in [9.17, 15) is 4.79 Å². The second-order valence-corrected chi connectivity index (χ2v) is 4.41. The lowest BCUT2D eigenvalue weighted by atomic mass is 10.1. The summed E-state index contributed by atoms with van der Waals surface area (Å²) in [6.45, 7) is 2.51. The van der Waals surface area contributed by atoms with Crippen molar-refractivity contribution in [2.45, 2.75) is 19.4 Å². The van der Waals surface area contributed by atoms with Gasteiger partial charge in [-0.05, 0) is 25.1 Å². The minimum Gasteiger partial charge on any atom is -0.481 e. The van der Waals surface area contributed by atoms with E-state index >= 15 is 0 Å². The van der Waals surface area contributed by atoms with Crippen molar-refractivity contribution in [3.8, 4) is 0 Å². The molecule has 0 amide bonds. The molecule has 1 aromatic heterocycles. The van der Waals surface area contributed by atoms with E-state index in [1.807, 2.05) is 43.3 Å². The first kappa shape index (κ1) is 13.2. The van der Waals surface area contributed by atoms with Gasteiger partial charge in [0.25, 0.3) is 0 Å². The molecule has 1 aromatic carbocycles. The molecule has 100 valence electrons. The van der Waals surface area contributed by atoms with Gasteiger partial charge in [-0.1, -0.05) is 18.2 Å². The molecule has 2 rings (SSSR count). The fourth-order valence-corrected chi connectivity index (χ4v) is 2.07. The molecular weight excluding hydrogens is 242 g/mol. The van der Waals surface area contributed by atoms with E-state index in [1.165, 1.54) is 0 Å². The number of para-hydroxylation sites is 1. The van der Waals surface area contributed by atoms with Crippen molar-refractivity contribution in [2.75, 3.05) is 11.4 Å². The number of aliphatic carboxylic acids is 1. The largest absolute Gasteiger partial charge is 0.481 e. The number of rotatable bonds is 6. The van der Waals surface area contributed by atoms with Gasteiger partial charge >= 0.3 is 5.97 Å². The predicted octanol–water partition coefficient (Wildman–Crippen LogP) is 3.32. The average Bonchev–Trinajstić information content (AvgIpc) is 2.93. The maximum atomic E-state index is 10.8. The molecule has 0 aliphatic rings. The Labute approximate surface area is 112 Å². The zero-order valence-electron chi connectivity index (χ0n) is 10.8. The van der Waals surface area contributed by atoms with Crippen LogP contribution in [0.2, 0.25) is 0 Å². The predicted molar refractivity (Wildman–Crippen MR) is 73.2 cm³/mol. The number of benzene rings is 1. The minimum absolute atomic E-state index is 0.0699. The molecule has 1 unspecified atom stereocenters. The third-order valence-corrected chi connectivity index (χ3v) is 3.15. The standard InChI is InChI=1S/C15H17NO3/c1-12(13-8-10-19-11-13)16(9-7-15(17)18)14-5-3-2-4-6-14/h2-6,8,10-12H,7,9H2,1H3,(H,17,18). The molecule has 4 heteroatoms. The number of furan rings is 1. The first-order valence-corrected chi connectivity index (χ1v) is 6.24. The maximum Gasteiger partial charge on any atom is 0.305 e. The Balaban J connectivity index is 2.21. The zero-order chi connectivity index (χ0) is 13.7.